The first kappa shape index (κ1) is 10.3. The van der Waals surface area contributed by atoms with Crippen molar-refractivity contribution in [3.63, 3.8) is 0 Å². The zero-order valence-corrected chi connectivity index (χ0v) is 9.76. The average Bonchev–Trinajstić information content (AvgIpc) is 2.64. The minimum Gasteiger partial charge on any atom is -0.294 e. The Bertz CT molecular complexity index is 557. The molecule has 1 nitrogen and oxygen atoms in total. The molecule has 84 valence electrons. The first-order valence-corrected chi connectivity index (χ1v) is 5.97. The Kier molecular flexibility index (Phi) is 2.32. The van der Waals surface area contributed by atoms with Crippen LogP contribution in [0.4, 0.5) is 0 Å². The predicted molar refractivity (Wildman–Crippen MR) is 68.2 cm³/mol. The Balaban J connectivity index is 2.16. The second-order valence-corrected chi connectivity index (χ2v) is 4.63. The van der Waals surface area contributed by atoms with Gasteiger partial charge in [-0.25, -0.2) is 0 Å². The molecule has 0 bridgehead atoms. The number of carbonyl (C=O) groups excluding carboxylic acids is 1. The van der Waals surface area contributed by atoms with Crippen molar-refractivity contribution in [1.29, 1.82) is 0 Å². The molecule has 0 saturated heterocycles. The second kappa shape index (κ2) is 3.85. The van der Waals surface area contributed by atoms with Crippen LogP contribution in [0.2, 0.25) is 0 Å². The summed E-state index contributed by atoms with van der Waals surface area (Å²) in [6.45, 7) is 2.03. The Morgan fingerprint density at radius 1 is 0.882 bits per heavy atom. The maximum absolute atomic E-state index is 12.2. The normalized spacial score (nSPS) is 22.5. The van der Waals surface area contributed by atoms with Crippen LogP contribution in [0.25, 0.3) is 0 Å². The standard InChI is InChI=1S/C16H14O/c1-11-15(12-7-3-2-4-8-12)13-9-5-6-10-14(13)16(11)17/h2-11,15H,1H3/t11-,15-/m0/s1. The highest BCUT2D eigenvalue weighted by atomic mass is 16.1. The third-order valence-electron chi connectivity index (χ3n) is 3.63. The molecule has 0 heterocycles. The highest BCUT2D eigenvalue weighted by Crippen LogP contribution is 2.41. The molecule has 2 atom stereocenters. The Labute approximate surface area is 101 Å². The van der Waals surface area contributed by atoms with E-state index < -0.39 is 0 Å². The summed E-state index contributed by atoms with van der Waals surface area (Å²) in [6.07, 6.45) is 0. The Morgan fingerprint density at radius 3 is 2.29 bits per heavy atom. The van der Waals surface area contributed by atoms with Crippen LogP contribution in [0.1, 0.15) is 34.3 Å². The lowest BCUT2D eigenvalue weighted by atomic mass is 9.87. The lowest BCUT2D eigenvalue weighted by Gasteiger charge is -2.15. The Hall–Kier alpha value is -1.89. The molecule has 0 aromatic heterocycles. The molecule has 17 heavy (non-hydrogen) atoms. The maximum Gasteiger partial charge on any atom is 0.166 e. The molecule has 0 unspecified atom stereocenters. The largest absolute Gasteiger partial charge is 0.294 e. The molecule has 0 radical (unpaired) electrons. The van der Waals surface area contributed by atoms with Crippen molar-refractivity contribution >= 4 is 5.78 Å². The van der Waals surface area contributed by atoms with Crippen LogP contribution in [0.5, 0.6) is 0 Å². The minimum absolute atomic E-state index is 0.0507. The van der Waals surface area contributed by atoms with E-state index in [1.165, 1.54) is 11.1 Å². The number of hydrogen-bond acceptors (Lipinski definition) is 1. The van der Waals surface area contributed by atoms with E-state index in [9.17, 15) is 4.79 Å². The third-order valence-corrected chi connectivity index (χ3v) is 3.63. The number of Topliss-reactive ketones (excluding diaryl/α,β-unsaturated/α-hetero) is 1. The van der Waals surface area contributed by atoms with Gasteiger partial charge in [0.2, 0.25) is 0 Å². The molecule has 0 spiro atoms. The van der Waals surface area contributed by atoms with Crippen LogP contribution in [0, 0.1) is 5.92 Å². The number of carbonyl (C=O) groups is 1. The molecule has 2 aromatic rings. The predicted octanol–water partition coefficient (Wildman–Crippen LogP) is 3.65. The molecular formula is C16H14O. The number of benzene rings is 2. The fraction of sp³-hybridized carbons (Fsp3) is 0.188. The number of fused-ring (bicyclic) bond motifs is 1. The number of ketones is 1. The molecule has 1 heteroatoms. The van der Waals surface area contributed by atoms with Crippen molar-refractivity contribution in [2.75, 3.05) is 0 Å². The van der Waals surface area contributed by atoms with Crippen molar-refractivity contribution in [3.8, 4) is 0 Å². The van der Waals surface area contributed by atoms with E-state index >= 15 is 0 Å². The van der Waals surface area contributed by atoms with Gasteiger partial charge in [0, 0.05) is 17.4 Å². The zero-order valence-electron chi connectivity index (χ0n) is 9.76. The van der Waals surface area contributed by atoms with Gasteiger partial charge in [0.05, 0.1) is 0 Å². The average molecular weight is 222 g/mol. The van der Waals surface area contributed by atoms with Gasteiger partial charge in [-0.2, -0.15) is 0 Å². The van der Waals surface area contributed by atoms with Gasteiger partial charge < -0.3 is 0 Å². The molecular weight excluding hydrogens is 208 g/mol. The van der Waals surface area contributed by atoms with E-state index in [1.54, 1.807) is 0 Å². The summed E-state index contributed by atoms with van der Waals surface area (Å²) in [5.41, 5.74) is 3.31. The van der Waals surface area contributed by atoms with Gasteiger partial charge >= 0.3 is 0 Å². The van der Waals surface area contributed by atoms with Gasteiger partial charge in [0.15, 0.2) is 5.78 Å². The van der Waals surface area contributed by atoms with E-state index in [2.05, 4.69) is 18.2 Å². The first-order chi connectivity index (χ1) is 8.29. The molecule has 1 aliphatic rings. The fourth-order valence-corrected chi connectivity index (χ4v) is 2.79. The molecule has 0 amide bonds. The molecule has 3 rings (SSSR count). The summed E-state index contributed by atoms with van der Waals surface area (Å²) in [5.74, 6) is 0.546. The number of hydrogen-bond donors (Lipinski definition) is 0. The number of rotatable bonds is 1. The van der Waals surface area contributed by atoms with E-state index in [4.69, 9.17) is 0 Å². The van der Waals surface area contributed by atoms with Crippen molar-refractivity contribution in [1.82, 2.24) is 0 Å². The van der Waals surface area contributed by atoms with E-state index in [0.29, 0.717) is 0 Å². The maximum atomic E-state index is 12.2. The third kappa shape index (κ3) is 1.50. The summed E-state index contributed by atoms with van der Waals surface area (Å²) in [4.78, 5) is 12.2. The summed E-state index contributed by atoms with van der Waals surface area (Å²) >= 11 is 0. The van der Waals surface area contributed by atoms with E-state index in [0.717, 1.165) is 5.56 Å². The molecule has 0 fully saturated rings. The van der Waals surface area contributed by atoms with Crippen LogP contribution in [0.15, 0.2) is 54.6 Å². The fourth-order valence-electron chi connectivity index (χ4n) is 2.79. The van der Waals surface area contributed by atoms with E-state index in [1.807, 2.05) is 43.3 Å². The van der Waals surface area contributed by atoms with Crippen molar-refractivity contribution in [3.05, 3.63) is 71.3 Å². The first-order valence-electron chi connectivity index (χ1n) is 5.97. The smallest absolute Gasteiger partial charge is 0.166 e. The minimum atomic E-state index is 0.0507. The van der Waals surface area contributed by atoms with Crippen LogP contribution in [-0.4, -0.2) is 5.78 Å². The van der Waals surface area contributed by atoms with Crippen LogP contribution in [0.3, 0.4) is 0 Å². The van der Waals surface area contributed by atoms with Gasteiger partial charge in [0.25, 0.3) is 0 Å². The molecule has 2 aromatic carbocycles. The summed E-state index contributed by atoms with van der Waals surface area (Å²) in [5, 5.41) is 0. The van der Waals surface area contributed by atoms with Gasteiger partial charge in [0.1, 0.15) is 0 Å². The van der Waals surface area contributed by atoms with Crippen molar-refractivity contribution < 1.29 is 4.79 Å². The van der Waals surface area contributed by atoms with Gasteiger partial charge in [-0.15, -0.1) is 0 Å². The zero-order chi connectivity index (χ0) is 11.8. The Morgan fingerprint density at radius 2 is 1.53 bits per heavy atom. The monoisotopic (exact) mass is 222 g/mol. The van der Waals surface area contributed by atoms with Gasteiger partial charge in [-0.05, 0) is 11.1 Å². The topological polar surface area (TPSA) is 17.1 Å². The van der Waals surface area contributed by atoms with Crippen LogP contribution in [-0.2, 0) is 0 Å². The lowest BCUT2D eigenvalue weighted by Crippen LogP contribution is -2.10. The van der Waals surface area contributed by atoms with Crippen LogP contribution >= 0.6 is 0 Å². The summed E-state index contributed by atoms with van der Waals surface area (Å²) < 4.78 is 0. The second-order valence-electron chi connectivity index (χ2n) is 4.63. The van der Waals surface area contributed by atoms with Gasteiger partial charge in [-0.1, -0.05) is 61.5 Å². The van der Waals surface area contributed by atoms with Gasteiger partial charge in [-0.3, -0.25) is 4.79 Å². The summed E-state index contributed by atoms with van der Waals surface area (Å²) in [6, 6.07) is 18.3. The van der Waals surface area contributed by atoms with Crippen molar-refractivity contribution in [2.45, 2.75) is 12.8 Å². The molecule has 1 aliphatic carbocycles. The SMILES string of the molecule is C[C@@H]1C(=O)c2ccccc2[C@@H]1c1ccccc1. The van der Waals surface area contributed by atoms with E-state index in [-0.39, 0.29) is 17.6 Å². The highest BCUT2D eigenvalue weighted by molar-refractivity contribution is 6.03. The van der Waals surface area contributed by atoms with Crippen molar-refractivity contribution in [2.24, 2.45) is 5.92 Å². The highest BCUT2D eigenvalue weighted by Gasteiger charge is 2.36. The molecule has 0 N–H and O–H groups in total. The molecule has 0 aliphatic heterocycles. The van der Waals surface area contributed by atoms with Crippen LogP contribution < -0.4 is 0 Å². The molecule has 0 saturated carbocycles. The quantitative estimate of drug-likeness (QED) is 0.719. The lowest BCUT2D eigenvalue weighted by molar-refractivity contribution is 0.0939. The summed E-state index contributed by atoms with van der Waals surface area (Å²) in [7, 11) is 0.